The number of benzene rings is 2. The molecule has 0 aliphatic carbocycles. The summed E-state index contributed by atoms with van der Waals surface area (Å²) in [6.45, 7) is 3.62. The molecule has 5 heteroatoms. The Balaban J connectivity index is 1.95. The molecule has 0 bridgehead atoms. The Bertz CT molecular complexity index is 703. The van der Waals surface area contributed by atoms with Crippen LogP contribution in [0.1, 0.15) is 31.0 Å². The van der Waals surface area contributed by atoms with Crippen molar-refractivity contribution in [3.8, 4) is 5.75 Å². The van der Waals surface area contributed by atoms with E-state index in [4.69, 9.17) is 4.74 Å². The fourth-order valence-corrected chi connectivity index (χ4v) is 3.39. The number of carbonyl (C=O) groups excluding carboxylic acids is 1. The molecule has 128 valence electrons. The maximum Gasteiger partial charge on any atom is 0.235 e. The van der Waals surface area contributed by atoms with E-state index in [1.807, 2.05) is 61.5 Å². The average molecular weight is 345 g/mol. The quantitative estimate of drug-likeness (QED) is 0.838. The number of methoxy groups -OCH3 is 1. The van der Waals surface area contributed by atoms with Crippen LogP contribution < -0.4 is 10.1 Å². The van der Waals surface area contributed by atoms with E-state index in [0.717, 1.165) is 16.9 Å². The van der Waals surface area contributed by atoms with Crippen LogP contribution >= 0.6 is 0 Å². The highest BCUT2D eigenvalue weighted by Gasteiger charge is 2.22. The number of carbonyl (C=O) groups is 1. The number of ether oxygens (including phenoxy) is 1. The van der Waals surface area contributed by atoms with Crippen molar-refractivity contribution in [1.29, 1.82) is 0 Å². The maximum absolute atomic E-state index is 12.5. The van der Waals surface area contributed by atoms with Crippen LogP contribution in [0.4, 0.5) is 0 Å². The van der Waals surface area contributed by atoms with Gasteiger partial charge in [-0.25, -0.2) is 0 Å². The SMILES string of the molecule is COc1cccc(C[S@](=O)[C@@H](C)C(=O)N[C@@H](C)c2ccccc2)c1. The largest absolute Gasteiger partial charge is 0.497 e. The highest BCUT2D eigenvalue weighted by molar-refractivity contribution is 7.85. The standard InChI is InChI=1S/C19H23NO3S/c1-14(17-9-5-4-6-10-17)20-19(21)15(2)24(22)13-16-8-7-11-18(12-16)23-3/h4-12,14-15H,13H2,1-3H3,(H,20,21)/t14-,15-,24-/m0/s1. The second kappa shape index (κ2) is 8.64. The molecule has 2 rings (SSSR count). The van der Waals surface area contributed by atoms with Gasteiger partial charge in [-0.15, -0.1) is 0 Å². The molecule has 1 N–H and O–H groups in total. The van der Waals surface area contributed by atoms with Crippen molar-refractivity contribution in [3.63, 3.8) is 0 Å². The molecular formula is C19H23NO3S. The summed E-state index contributed by atoms with van der Waals surface area (Å²) in [6, 6.07) is 17.0. The molecule has 4 nitrogen and oxygen atoms in total. The molecule has 24 heavy (non-hydrogen) atoms. The van der Waals surface area contributed by atoms with Crippen LogP contribution in [-0.2, 0) is 21.3 Å². The Morgan fingerprint density at radius 3 is 2.50 bits per heavy atom. The summed E-state index contributed by atoms with van der Waals surface area (Å²) >= 11 is 0. The summed E-state index contributed by atoms with van der Waals surface area (Å²) in [6.07, 6.45) is 0. The van der Waals surface area contributed by atoms with E-state index in [9.17, 15) is 9.00 Å². The van der Waals surface area contributed by atoms with Crippen LogP contribution in [0.3, 0.4) is 0 Å². The van der Waals surface area contributed by atoms with E-state index < -0.39 is 16.0 Å². The summed E-state index contributed by atoms with van der Waals surface area (Å²) < 4.78 is 17.6. The number of rotatable bonds is 7. The van der Waals surface area contributed by atoms with Gasteiger partial charge < -0.3 is 10.1 Å². The summed E-state index contributed by atoms with van der Waals surface area (Å²) in [5.74, 6) is 0.845. The van der Waals surface area contributed by atoms with Gasteiger partial charge in [0.15, 0.2) is 0 Å². The lowest BCUT2D eigenvalue weighted by atomic mass is 10.1. The van der Waals surface area contributed by atoms with Crippen molar-refractivity contribution >= 4 is 16.7 Å². The van der Waals surface area contributed by atoms with Crippen LogP contribution in [0.2, 0.25) is 0 Å². The molecule has 0 heterocycles. The highest BCUT2D eigenvalue weighted by atomic mass is 32.2. The number of hydrogen-bond acceptors (Lipinski definition) is 3. The molecular weight excluding hydrogens is 322 g/mol. The first-order valence-electron chi connectivity index (χ1n) is 7.86. The topological polar surface area (TPSA) is 55.4 Å². The van der Waals surface area contributed by atoms with E-state index >= 15 is 0 Å². The van der Waals surface area contributed by atoms with Gasteiger partial charge in [-0.3, -0.25) is 9.00 Å². The average Bonchev–Trinajstić information content (AvgIpc) is 2.61. The van der Waals surface area contributed by atoms with Gasteiger partial charge in [0.25, 0.3) is 0 Å². The second-order valence-corrected chi connectivity index (χ2v) is 7.42. The molecule has 1 amide bonds. The predicted octanol–water partition coefficient (Wildman–Crippen LogP) is 3.21. The highest BCUT2D eigenvalue weighted by Crippen LogP contribution is 2.16. The molecule has 0 aromatic heterocycles. The van der Waals surface area contributed by atoms with Crippen molar-refractivity contribution in [2.24, 2.45) is 0 Å². The maximum atomic E-state index is 12.5. The Kier molecular flexibility index (Phi) is 6.55. The van der Waals surface area contributed by atoms with Crippen LogP contribution in [0, 0.1) is 0 Å². The van der Waals surface area contributed by atoms with E-state index in [0.29, 0.717) is 5.75 Å². The Labute approximate surface area is 145 Å². The third-order valence-electron chi connectivity index (χ3n) is 3.86. The van der Waals surface area contributed by atoms with E-state index in [1.165, 1.54) is 0 Å². The van der Waals surface area contributed by atoms with Crippen molar-refractivity contribution in [1.82, 2.24) is 5.32 Å². The number of nitrogens with one attached hydrogen (secondary N) is 1. The van der Waals surface area contributed by atoms with Crippen molar-refractivity contribution < 1.29 is 13.7 Å². The zero-order valence-electron chi connectivity index (χ0n) is 14.2. The normalized spacial score (nSPS) is 14.5. The van der Waals surface area contributed by atoms with Gasteiger partial charge in [0.05, 0.1) is 13.2 Å². The molecule has 0 unspecified atom stereocenters. The Morgan fingerprint density at radius 2 is 1.83 bits per heavy atom. The minimum Gasteiger partial charge on any atom is -0.497 e. The summed E-state index contributed by atoms with van der Waals surface area (Å²) in [5.41, 5.74) is 1.92. The molecule has 2 aromatic carbocycles. The fraction of sp³-hybridized carbons (Fsp3) is 0.316. The van der Waals surface area contributed by atoms with Gasteiger partial charge in [-0.05, 0) is 37.1 Å². The van der Waals surface area contributed by atoms with Gasteiger partial charge in [0.2, 0.25) is 5.91 Å². The molecule has 0 aliphatic heterocycles. The van der Waals surface area contributed by atoms with E-state index in [1.54, 1.807) is 14.0 Å². The zero-order chi connectivity index (χ0) is 17.5. The Morgan fingerprint density at radius 1 is 1.12 bits per heavy atom. The third kappa shape index (κ3) is 4.93. The number of amides is 1. The monoisotopic (exact) mass is 345 g/mol. The van der Waals surface area contributed by atoms with Crippen molar-refractivity contribution in [2.75, 3.05) is 7.11 Å². The fourth-order valence-electron chi connectivity index (χ4n) is 2.33. The summed E-state index contributed by atoms with van der Waals surface area (Å²) in [4.78, 5) is 12.4. The van der Waals surface area contributed by atoms with Crippen LogP contribution in [0.25, 0.3) is 0 Å². The lowest BCUT2D eigenvalue weighted by Gasteiger charge is -2.18. The minimum absolute atomic E-state index is 0.116. The van der Waals surface area contributed by atoms with Gasteiger partial charge in [-0.2, -0.15) is 0 Å². The summed E-state index contributed by atoms with van der Waals surface area (Å²) in [5, 5.41) is 2.35. The summed E-state index contributed by atoms with van der Waals surface area (Å²) in [7, 11) is 0.298. The Hall–Kier alpha value is -2.14. The molecule has 2 aromatic rings. The zero-order valence-corrected chi connectivity index (χ0v) is 15.0. The van der Waals surface area contributed by atoms with Gasteiger partial charge >= 0.3 is 0 Å². The van der Waals surface area contributed by atoms with Gasteiger partial charge in [0, 0.05) is 16.6 Å². The molecule has 0 saturated carbocycles. The van der Waals surface area contributed by atoms with E-state index in [2.05, 4.69) is 5.32 Å². The van der Waals surface area contributed by atoms with Crippen molar-refractivity contribution in [3.05, 3.63) is 65.7 Å². The first-order chi connectivity index (χ1) is 11.5. The van der Waals surface area contributed by atoms with Crippen molar-refractivity contribution in [2.45, 2.75) is 30.9 Å². The minimum atomic E-state index is -1.30. The van der Waals surface area contributed by atoms with Gasteiger partial charge in [0.1, 0.15) is 11.0 Å². The predicted molar refractivity (Wildman–Crippen MR) is 97.3 cm³/mol. The second-order valence-electron chi connectivity index (χ2n) is 5.66. The van der Waals surface area contributed by atoms with E-state index in [-0.39, 0.29) is 11.9 Å². The molecule has 0 spiro atoms. The molecule has 0 aliphatic rings. The van der Waals surface area contributed by atoms with Crippen LogP contribution in [0.5, 0.6) is 5.75 Å². The molecule has 0 saturated heterocycles. The third-order valence-corrected chi connectivity index (χ3v) is 5.49. The molecule has 3 atom stereocenters. The van der Waals surface area contributed by atoms with Gasteiger partial charge in [-0.1, -0.05) is 42.5 Å². The van der Waals surface area contributed by atoms with Crippen LogP contribution in [0.15, 0.2) is 54.6 Å². The first-order valence-corrected chi connectivity index (χ1v) is 9.25. The smallest absolute Gasteiger partial charge is 0.235 e. The number of hydrogen-bond donors (Lipinski definition) is 1. The van der Waals surface area contributed by atoms with Crippen LogP contribution in [-0.4, -0.2) is 22.5 Å². The lowest BCUT2D eigenvalue weighted by molar-refractivity contribution is -0.121. The first kappa shape index (κ1) is 18.2. The lowest BCUT2D eigenvalue weighted by Crippen LogP contribution is -2.37. The molecule has 0 radical (unpaired) electrons. The molecule has 0 fully saturated rings.